The Morgan fingerprint density at radius 2 is 1.80 bits per heavy atom. The highest BCUT2D eigenvalue weighted by molar-refractivity contribution is 6.03. The van der Waals surface area contributed by atoms with Crippen LogP contribution in [-0.2, 0) is 16.1 Å². The van der Waals surface area contributed by atoms with Gasteiger partial charge in [-0.3, -0.25) is 14.5 Å². The molecule has 1 atom stereocenters. The van der Waals surface area contributed by atoms with Crippen LogP contribution in [0.4, 0.5) is 5.69 Å². The molecule has 0 bridgehead atoms. The predicted octanol–water partition coefficient (Wildman–Crippen LogP) is 4.83. The molecule has 10 nitrogen and oxygen atoms in total. The van der Waals surface area contributed by atoms with Gasteiger partial charge in [-0.15, -0.1) is 10.2 Å². The molecule has 2 N–H and O–H groups in total. The van der Waals surface area contributed by atoms with Crippen molar-refractivity contribution >= 4 is 28.4 Å². The minimum absolute atomic E-state index is 0.238. The zero-order valence-electron chi connectivity index (χ0n) is 23.8. The maximum atomic E-state index is 14.2. The summed E-state index contributed by atoms with van der Waals surface area (Å²) < 4.78 is 5.46. The number of benzene rings is 3. The number of H-pyrrole nitrogens is 1. The number of hydrogen-bond acceptors (Lipinski definition) is 6. The van der Waals surface area contributed by atoms with Gasteiger partial charge in [0.05, 0.1) is 7.11 Å². The minimum atomic E-state index is -1.01. The van der Waals surface area contributed by atoms with Crippen molar-refractivity contribution < 1.29 is 14.3 Å². The third kappa shape index (κ3) is 6.11. The van der Waals surface area contributed by atoms with Crippen molar-refractivity contribution in [2.45, 2.75) is 45.8 Å². The van der Waals surface area contributed by atoms with E-state index in [-0.39, 0.29) is 12.5 Å². The summed E-state index contributed by atoms with van der Waals surface area (Å²) >= 11 is 0. The van der Waals surface area contributed by atoms with E-state index in [2.05, 4.69) is 25.7 Å². The number of carbonyl (C=O) groups is 2. The Hall–Kier alpha value is -4.99. The van der Waals surface area contributed by atoms with Crippen LogP contribution in [0, 0.1) is 6.92 Å². The van der Waals surface area contributed by atoms with Crippen molar-refractivity contribution in [1.29, 1.82) is 0 Å². The molecule has 0 saturated carbocycles. The third-order valence-electron chi connectivity index (χ3n) is 6.56. The molecule has 2 aromatic heterocycles. The number of anilines is 1. The first-order valence-electron chi connectivity index (χ1n) is 13.3. The zero-order valence-corrected chi connectivity index (χ0v) is 23.8. The molecule has 210 valence electrons. The van der Waals surface area contributed by atoms with Gasteiger partial charge in [-0.2, -0.15) is 4.80 Å². The molecule has 0 aliphatic heterocycles. The van der Waals surface area contributed by atoms with E-state index in [1.165, 1.54) is 9.70 Å². The molecule has 0 radical (unpaired) electrons. The Morgan fingerprint density at radius 3 is 2.54 bits per heavy atom. The number of aryl methyl sites for hydroxylation is 1. The van der Waals surface area contributed by atoms with E-state index < -0.39 is 17.5 Å². The first-order chi connectivity index (χ1) is 19.6. The van der Waals surface area contributed by atoms with E-state index in [1.54, 1.807) is 37.6 Å². The average molecular weight is 552 g/mol. The van der Waals surface area contributed by atoms with Crippen molar-refractivity contribution in [1.82, 2.24) is 30.5 Å². The molecule has 0 spiro atoms. The highest BCUT2D eigenvalue weighted by Gasteiger charge is 2.36. The van der Waals surface area contributed by atoms with Gasteiger partial charge < -0.3 is 15.0 Å². The van der Waals surface area contributed by atoms with E-state index in [0.717, 1.165) is 22.0 Å². The number of ether oxygens (including phenoxy) is 1. The van der Waals surface area contributed by atoms with Gasteiger partial charge in [0.1, 0.15) is 18.3 Å². The predicted molar refractivity (Wildman–Crippen MR) is 157 cm³/mol. The maximum Gasteiger partial charge on any atom is 0.251 e. The Bertz CT molecular complexity index is 1680. The standard InChI is InChI=1S/C31H33N7O3/c1-20-13-15-21(16-14-20)29-34-36-37(35-29)19-27(39)38(22-9-8-10-23(17-22)41-5)28(30(40)33-31(2,3)4)25-18-32-26-12-7-6-11-24(25)26/h6-18,28,32H,19H2,1-5H3,(H,33,40)/t28-/m0/s1. The fraction of sp³-hybridized carbons (Fsp3) is 0.258. The Morgan fingerprint density at radius 1 is 1.05 bits per heavy atom. The molecule has 0 aliphatic rings. The summed E-state index contributed by atoms with van der Waals surface area (Å²) in [4.78, 5) is 34.2. The average Bonchev–Trinajstić information content (AvgIpc) is 3.58. The molecule has 5 rings (SSSR count). The number of hydrogen-bond donors (Lipinski definition) is 2. The van der Waals surface area contributed by atoms with E-state index in [1.807, 2.05) is 76.2 Å². The van der Waals surface area contributed by atoms with Crippen molar-refractivity contribution in [3.63, 3.8) is 0 Å². The summed E-state index contributed by atoms with van der Waals surface area (Å²) in [7, 11) is 1.56. The van der Waals surface area contributed by atoms with Gasteiger partial charge in [-0.25, -0.2) is 0 Å². The van der Waals surface area contributed by atoms with Crippen LogP contribution in [0.3, 0.4) is 0 Å². The first-order valence-corrected chi connectivity index (χ1v) is 13.3. The Balaban J connectivity index is 1.59. The number of para-hydroxylation sites is 1. The van der Waals surface area contributed by atoms with E-state index in [9.17, 15) is 9.59 Å². The van der Waals surface area contributed by atoms with E-state index in [0.29, 0.717) is 22.8 Å². The fourth-order valence-electron chi connectivity index (χ4n) is 4.68. The quantitative estimate of drug-likeness (QED) is 0.285. The van der Waals surface area contributed by atoms with Crippen LogP contribution >= 0.6 is 0 Å². The molecule has 0 aliphatic carbocycles. The highest BCUT2D eigenvalue weighted by atomic mass is 16.5. The molecule has 0 unspecified atom stereocenters. The van der Waals surface area contributed by atoms with E-state index in [4.69, 9.17) is 4.74 Å². The summed E-state index contributed by atoms with van der Waals surface area (Å²) in [6.45, 7) is 7.47. The summed E-state index contributed by atoms with van der Waals surface area (Å²) in [5, 5.41) is 16.7. The second kappa shape index (κ2) is 11.2. The van der Waals surface area contributed by atoms with Crippen LogP contribution in [0.15, 0.2) is 79.0 Å². The van der Waals surface area contributed by atoms with Crippen molar-refractivity contribution in [3.8, 4) is 17.1 Å². The smallest absolute Gasteiger partial charge is 0.251 e. The molecule has 3 aromatic carbocycles. The van der Waals surface area contributed by atoms with Gasteiger partial charge in [0, 0.05) is 45.5 Å². The molecule has 5 aromatic rings. The zero-order chi connectivity index (χ0) is 29.1. The largest absolute Gasteiger partial charge is 0.497 e. The molecule has 41 heavy (non-hydrogen) atoms. The van der Waals surface area contributed by atoms with Crippen LogP contribution in [0.25, 0.3) is 22.3 Å². The van der Waals surface area contributed by atoms with E-state index >= 15 is 0 Å². The SMILES string of the molecule is COc1cccc(N(C(=O)Cn2nnc(-c3ccc(C)cc3)n2)[C@H](C(=O)NC(C)(C)C)c2c[nH]c3ccccc23)c1. The number of methoxy groups -OCH3 is 1. The van der Waals surface area contributed by atoms with Crippen molar-refractivity contribution in [3.05, 3.63) is 90.1 Å². The second-order valence-corrected chi connectivity index (χ2v) is 10.9. The lowest BCUT2D eigenvalue weighted by Gasteiger charge is -2.33. The fourth-order valence-corrected chi connectivity index (χ4v) is 4.68. The van der Waals surface area contributed by atoms with Crippen molar-refractivity contribution in [2.75, 3.05) is 12.0 Å². The van der Waals surface area contributed by atoms with Crippen LogP contribution < -0.4 is 15.0 Å². The van der Waals surface area contributed by atoms with Crippen LogP contribution in [-0.4, -0.2) is 49.7 Å². The molecule has 0 fully saturated rings. The lowest BCUT2D eigenvalue weighted by atomic mass is 10.00. The monoisotopic (exact) mass is 551 g/mol. The Kier molecular flexibility index (Phi) is 7.56. The minimum Gasteiger partial charge on any atom is -0.497 e. The maximum absolute atomic E-state index is 14.2. The number of aromatic amines is 1. The number of aromatic nitrogens is 5. The number of amides is 2. The number of nitrogens with zero attached hydrogens (tertiary/aromatic N) is 5. The molecular formula is C31H33N7O3. The summed E-state index contributed by atoms with van der Waals surface area (Å²) in [6, 6.07) is 21.5. The summed E-state index contributed by atoms with van der Waals surface area (Å²) in [6.07, 6.45) is 1.78. The third-order valence-corrected chi connectivity index (χ3v) is 6.56. The highest BCUT2D eigenvalue weighted by Crippen LogP contribution is 2.34. The van der Waals surface area contributed by atoms with Crippen LogP contribution in [0.5, 0.6) is 5.75 Å². The van der Waals surface area contributed by atoms with Gasteiger partial charge in [-0.05, 0) is 51.1 Å². The molecular weight excluding hydrogens is 518 g/mol. The van der Waals surface area contributed by atoms with Gasteiger partial charge in [0.2, 0.25) is 11.7 Å². The van der Waals surface area contributed by atoms with Crippen LogP contribution in [0.2, 0.25) is 0 Å². The molecule has 2 amide bonds. The molecule has 2 heterocycles. The number of rotatable bonds is 8. The number of carbonyl (C=O) groups excluding carboxylic acids is 2. The first kappa shape index (κ1) is 27.6. The number of fused-ring (bicyclic) bond motifs is 1. The second-order valence-electron chi connectivity index (χ2n) is 10.9. The normalized spacial score (nSPS) is 12.2. The molecule has 10 heteroatoms. The van der Waals surface area contributed by atoms with Crippen molar-refractivity contribution in [2.24, 2.45) is 0 Å². The van der Waals surface area contributed by atoms with Crippen LogP contribution in [0.1, 0.15) is 37.9 Å². The lowest BCUT2D eigenvalue weighted by molar-refractivity contribution is -0.128. The number of tetrazole rings is 1. The van der Waals surface area contributed by atoms with Gasteiger partial charge in [-0.1, -0.05) is 54.1 Å². The topological polar surface area (TPSA) is 118 Å². The van der Waals surface area contributed by atoms with Gasteiger partial charge in [0.25, 0.3) is 5.91 Å². The summed E-state index contributed by atoms with van der Waals surface area (Å²) in [5.41, 5.74) is 3.37. The Labute approximate surface area is 238 Å². The number of nitrogens with one attached hydrogen (secondary N) is 2. The summed E-state index contributed by atoms with van der Waals surface area (Å²) in [5.74, 6) is 0.231. The molecule has 0 saturated heterocycles. The van der Waals surface area contributed by atoms with Gasteiger partial charge in [0.15, 0.2) is 0 Å². The van der Waals surface area contributed by atoms with Gasteiger partial charge >= 0.3 is 0 Å². The lowest BCUT2D eigenvalue weighted by Crippen LogP contribution is -2.50.